The van der Waals surface area contributed by atoms with Crippen molar-refractivity contribution >= 4 is 22.8 Å². The molecule has 0 radical (unpaired) electrons. The number of amides is 2. The lowest BCUT2D eigenvalue weighted by atomic mass is 10.1. The molecule has 1 saturated heterocycles. The molecule has 2 aliphatic rings. The number of ether oxygens (including phenoxy) is 3. The summed E-state index contributed by atoms with van der Waals surface area (Å²) in [5.74, 6) is 1.65. The Hall–Kier alpha value is -3.82. The third kappa shape index (κ3) is 3.89. The topological polar surface area (TPSA) is 119 Å². The molecule has 2 aromatic heterocycles. The fraction of sp³-hybridized carbons (Fsp3) is 0.417. The Morgan fingerprint density at radius 2 is 2.15 bits per heavy atom. The van der Waals surface area contributed by atoms with Crippen molar-refractivity contribution in [1.82, 2.24) is 25.2 Å². The Balaban J connectivity index is 1.47. The Morgan fingerprint density at radius 3 is 2.97 bits per heavy atom. The highest BCUT2D eigenvalue weighted by molar-refractivity contribution is 6.08. The lowest BCUT2D eigenvalue weighted by molar-refractivity contribution is -0.129. The first-order chi connectivity index (χ1) is 16.6. The molecule has 10 heteroatoms. The number of carbonyl (C=O) groups excluding carboxylic acids is 2. The first-order valence-electron chi connectivity index (χ1n) is 11.6. The number of likely N-dealkylation sites (tertiary alicyclic amines) is 1. The van der Waals surface area contributed by atoms with Crippen LogP contribution in [0.25, 0.3) is 22.3 Å². The van der Waals surface area contributed by atoms with Crippen LogP contribution in [-0.4, -0.2) is 64.2 Å². The van der Waals surface area contributed by atoms with Gasteiger partial charge in [-0.15, -0.1) is 0 Å². The Morgan fingerprint density at radius 1 is 1.26 bits per heavy atom. The Labute approximate surface area is 196 Å². The molecule has 3 aromatic rings. The van der Waals surface area contributed by atoms with E-state index in [-0.39, 0.29) is 24.6 Å². The number of rotatable bonds is 7. The van der Waals surface area contributed by atoms with Crippen LogP contribution in [0, 0.1) is 0 Å². The summed E-state index contributed by atoms with van der Waals surface area (Å²) < 4.78 is 17.3. The fourth-order valence-corrected chi connectivity index (χ4v) is 4.40. The van der Waals surface area contributed by atoms with Crippen LogP contribution < -0.4 is 19.5 Å². The summed E-state index contributed by atoms with van der Waals surface area (Å²) in [6, 6.07) is 3.56. The van der Waals surface area contributed by atoms with E-state index >= 15 is 0 Å². The number of fused-ring (bicyclic) bond motifs is 2. The van der Waals surface area contributed by atoms with E-state index in [1.165, 1.54) is 6.33 Å². The third-order valence-electron chi connectivity index (χ3n) is 6.09. The van der Waals surface area contributed by atoms with Crippen molar-refractivity contribution in [2.24, 2.45) is 0 Å². The standard InChI is InChI=1S/C24H27N5O5/c1-3-9-32-16-5-6-17-23(34-13-33-17)19(16)21-22-20(26-12-27-21)15(10-25-22)24(31)28-14-7-8-29(11-14)18(30)4-2/h5-6,10,12,14,25H,3-4,7-9,11,13H2,1-2H3,(H,28,31)/t14-/m1/s1. The van der Waals surface area contributed by atoms with Crippen LogP contribution in [0.5, 0.6) is 17.2 Å². The van der Waals surface area contributed by atoms with Crippen molar-refractivity contribution in [2.45, 2.75) is 39.2 Å². The molecule has 0 spiro atoms. The van der Waals surface area contributed by atoms with E-state index in [1.807, 2.05) is 26.0 Å². The molecule has 2 aliphatic heterocycles. The second kappa shape index (κ2) is 9.20. The molecule has 2 amide bonds. The van der Waals surface area contributed by atoms with Gasteiger partial charge >= 0.3 is 0 Å². The van der Waals surface area contributed by atoms with Gasteiger partial charge in [-0.3, -0.25) is 9.59 Å². The smallest absolute Gasteiger partial charge is 0.255 e. The molecular weight excluding hydrogens is 438 g/mol. The molecule has 0 aliphatic carbocycles. The van der Waals surface area contributed by atoms with Crippen LogP contribution in [0.4, 0.5) is 0 Å². The summed E-state index contributed by atoms with van der Waals surface area (Å²) >= 11 is 0. The molecule has 10 nitrogen and oxygen atoms in total. The summed E-state index contributed by atoms with van der Waals surface area (Å²) in [5, 5.41) is 3.04. The van der Waals surface area contributed by atoms with Crippen molar-refractivity contribution in [3.8, 4) is 28.5 Å². The van der Waals surface area contributed by atoms with E-state index in [0.29, 0.717) is 71.2 Å². The average Bonchev–Trinajstić information content (AvgIpc) is 3.61. The van der Waals surface area contributed by atoms with Gasteiger partial charge in [0.25, 0.3) is 5.91 Å². The largest absolute Gasteiger partial charge is 0.493 e. The molecular formula is C24H27N5O5. The zero-order chi connectivity index (χ0) is 23.7. The molecule has 1 aromatic carbocycles. The molecule has 34 heavy (non-hydrogen) atoms. The second-order valence-corrected chi connectivity index (χ2v) is 8.32. The zero-order valence-electron chi connectivity index (χ0n) is 19.2. The summed E-state index contributed by atoms with van der Waals surface area (Å²) in [4.78, 5) is 38.9. The van der Waals surface area contributed by atoms with E-state index in [4.69, 9.17) is 14.2 Å². The summed E-state index contributed by atoms with van der Waals surface area (Å²) in [5.41, 5.74) is 2.75. The highest BCUT2D eigenvalue weighted by Gasteiger charge is 2.29. The Bertz CT molecular complexity index is 1240. The maximum Gasteiger partial charge on any atom is 0.255 e. The van der Waals surface area contributed by atoms with E-state index in [0.717, 1.165) is 12.8 Å². The SMILES string of the molecule is CCCOc1ccc2c(c1-c1ncnc3c(C(=O)N[C@@H]4CCN(C(=O)CC)C4)c[nH]c13)OCO2. The van der Waals surface area contributed by atoms with Gasteiger partial charge < -0.3 is 29.4 Å². The van der Waals surface area contributed by atoms with Gasteiger partial charge in [-0.05, 0) is 25.0 Å². The van der Waals surface area contributed by atoms with Crippen molar-refractivity contribution in [2.75, 3.05) is 26.5 Å². The molecule has 2 N–H and O–H groups in total. The highest BCUT2D eigenvalue weighted by atomic mass is 16.7. The van der Waals surface area contributed by atoms with Crippen molar-refractivity contribution < 1.29 is 23.8 Å². The van der Waals surface area contributed by atoms with Crippen LogP contribution in [-0.2, 0) is 4.79 Å². The normalized spacial score (nSPS) is 16.8. The summed E-state index contributed by atoms with van der Waals surface area (Å²) in [6.45, 7) is 5.71. The minimum absolute atomic E-state index is 0.0914. The third-order valence-corrected chi connectivity index (χ3v) is 6.09. The molecule has 0 unspecified atom stereocenters. The first kappa shape index (κ1) is 22.0. The molecule has 0 saturated carbocycles. The number of nitrogens with zero attached hydrogens (tertiary/aromatic N) is 3. The van der Waals surface area contributed by atoms with Crippen LogP contribution >= 0.6 is 0 Å². The lowest BCUT2D eigenvalue weighted by Gasteiger charge is -2.16. The van der Waals surface area contributed by atoms with Gasteiger partial charge in [0, 0.05) is 31.7 Å². The second-order valence-electron chi connectivity index (χ2n) is 8.32. The fourth-order valence-electron chi connectivity index (χ4n) is 4.40. The van der Waals surface area contributed by atoms with Gasteiger partial charge in [-0.1, -0.05) is 13.8 Å². The van der Waals surface area contributed by atoms with E-state index in [1.54, 1.807) is 11.1 Å². The predicted octanol–water partition coefficient (Wildman–Crippen LogP) is 2.88. The number of hydrogen-bond donors (Lipinski definition) is 2. The van der Waals surface area contributed by atoms with Gasteiger partial charge in [0.2, 0.25) is 12.7 Å². The number of aromatic nitrogens is 3. The van der Waals surface area contributed by atoms with Crippen molar-refractivity contribution in [3.05, 3.63) is 30.2 Å². The lowest BCUT2D eigenvalue weighted by Crippen LogP contribution is -2.38. The number of hydrogen-bond acceptors (Lipinski definition) is 7. The van der Waals surface area contributed by atoms with Gasteiger partial charge in [0.05, 0.1) is 23.3 Å². The first-order valence-corrected chi connectivity index (χ1v) is 11.6. The molecule has 1 atom stereocenters. The highest BCUT2D eigenvalue weighted by Crippen LogP contribution is 2.47. The quantitative estimate of drug-likeness (QED) is 0.551. The van der Waals surface area contributed by atoms with Crippen molar-refractivity contribution in [1.29, 1.82) is 0 Å². The van der Waals surface area contributed by atoms with Crippen molar-refractivity contribution in [3.63, 3.8) is 0 Å². The Kier molecular flexibility index (Phi) is 5.95. The van der Waals surface area contributed by atoms with Crippen LogP contribution in [0.3, 0.4) is 0 Å². The molecule has 5 rings (SSSR count). The van der Waals surface area contributed by atoms with Crippen LogP contribution in [0.1, 0.15) is 43.5 Å². The van der Waals surface area contributed by atoms with E-state index < -0.39 is 0 Å². The summed E-state index contributed by atoms with van der Waals surface area (Å²) in [7, 11) is 0. The van der Waals surface area contributed by atoms with Gasteiger partial charge in [-0.2, -0.15) is 0 Å². The van der Waals surface area contributed by atoms with E-state index in [9.17, 15) is 9.59 Å². The van der Waals surface area contributed by atoms with Gasteiger partial charge in [0.15, 0.2) is 11.5 Å². The van der Waals surface area contributed by atoms with Crippen LogP contribution in [0.15, 0.2) is 24.7 Å². The average molecular weight is 466 g/mol. The number of nitrogens with one attached hydrogen (secondary N) is 2. The van der Waals surface area contributed by atoms with E-state index in [2.05, 4.69) is 20.3 Å². The number of aromatic amines is 1. The molecule has 1 fully saturated rings. The molecule has 178 valence electrons. The summed E-state index contributed by atoms with van der Waals surface area (Å²) in [6.07, 6.45) is 5.10. The number of benzene rings is 1. The number of carbonyl (C=O) groups is 2. The monoisotopic (exact) mass is 465 g/mol. The molecule has 4 heterocycles. The number of H-pyrrole nitrogens is 1. The minimum atomic E-state index is -0.243. The van der Waals surface area contributed by atoms with Gasteiger partial charge in [0.1, 0.15) is 23.3 Å². The minimum Gasteiger partial charge on any atom is -0.493 e. The molecule has 0 bridgehead atoms. The predicted molar refractivity (Wildman–Crippen MR) is 124 cm³/mol. The van der Waals surface area contributed by atoms with Crippen LogP contribution in [0.2, 0.25) is 0 Å². The zero-order valence-corrected chi connectivity index (χ0v) is 19.2. The van der Waals surface area contributed by atoms with Gasteiger partial charge in [-0.25, -0.2) is 9.97 Å². The maximum atomic E-state index is 13.1. The maximum absolute atomic E-state index is 13.1.